The second kappa shape index (κ2) is 9.54. The van der Waals surface area contributed by atoms with Gasteiger partial charge in [0.25, 0.3) is 0 Å². The van der Waals surface area contributed by atoms with Gasteiger partial charge in [0, 0.05) is 37.4 Å². The first-order chi connectivity index (χ1) is 12.4. The number of hydrogen-bond acceptors (Lipinski definition) is 4. The molecule has 0 saturated carbocycles. The van der Waals surface area contributed by atoms with Crippen molar-refractivity contribution in [3.05, 3.63) is 11.6 Å². The Kier molecular flexibility index (Phi) is 7.41. The minimum atomic E-state index is 0.000173. The zero-order chi connectivity index (χ0) is 19.1. The van der Waals surface area contributed by atoms with Crippen molar-refractivity contribution in [2.24, 2.45) is 10.9 Å². The van der Waals surface area contributed by atoms with Crippen LogP contribution < -0.4 is 16.0 Å². The van der Waals surface area contributed by atoms with E-state index in [4.69, 9.17) is 0 Å². The van der Waals surface area contributed by atoms with Gasteiger partial charge in [-0.15, -0.1) is 0 Å². The molecule has 2 heterocycles. The first kappa shape index (κ1) is 20.2. The number of nitrogens with zero attached hydrogens (tertiary/aromatic N) is 4. The molecule has 0 fully saturated rings. The topological polar surface area (TPSA) is 96.2 Å². The molecule has 0 spiro atoms. The average Bonchev–Trinajstić information content (AvgIpc) is 3.02. The van der Waals surface area contributed by atoms with Crippen molar-refractivity contribution in [2.45, 2.75) is 66.0 Å². The Balaban J connectivity index is 1.88. The largest absolute Gasteiger partial charge is 0.357 e. The van der Waals surface area contributed by atoms with Crippen molar-refractivity contribution in [3.8, 4) is 0 Å². The molecule has 1 amide bonds. The molecule has 1 aliphatic heterocycles. The fourth-order valence-corrected chi connectivity index (χ4v) is 2.75. The summed E-state index contributed by atoms with van der Waals surface area (Å²) >= 11 is 0. The van der Waals surface area contributed by atoms with Crippen LogP contribution in [0.4, 0.5) is 0 Å². The van der Waals surface area contributed by atoms with Crippen molar-refractivity contribution >= 4 is 11.9 Å². The lowest BCUT2D eigenvalue weighted by Crippen LogP contribution is -2.47. The molecule has 0 radical (unpaired) electrons. The van der Waals surface area contributed by atoms with Gasteiger partial charge in [0.15, 0.2) is 11.8 Å². The van der Waals surface area contributed by atoms with Crippen molar-refractivity contribution in [1.29, 1.82) is 0 Å². The molecular weight excluding hydrogens is 330 g/mol. The van der Waals surface area contributed by atoms with E-state index in [2.05, 4.69) is 44.9 Å². The number of fused-ring (bicyclic) bond motifs is 1. The lowest BCUT2D eigenvalue weighted by atomic mass is 10.1. The van der Waals surface area contributed by atoms with Gasteiger partial charge in [-0.3, -0.25) is 9.79 Å². The van der Waals surface area contributed by atoms with Crippen LogP contribution in [0, 0.1) is 5.92 Å². The van der Waals surface area contributed by atoms with E-state index in [1.54, 1.807) is 0 Å². The van der Waals surface area contributed by atoms with Gasteiger partial charge < -0.3 is 16.0 Å². The molecule has 26 heavy (non-hydrogen) atoms. The normalized spacial score (nSPS) is 17.3. The second-order valence-corrected chi connectivity index (χ2v) is 7.31. The summed E-state index contributed by atoms with van der Waals surface area (Å²) < 4.78 is 2.02. The minimum Gasteiger partial charge on any atom is -0.357 e. The standard InChI is InChI=1S/C18H33N7O/c1-6-19-18(21-10-9-20-17(26)13(4)5)22-14-7-8-15-23-16(12(2)3)24-25(15)11-14/h12-14H,6-11H2,1-5H3,(H,20,26)(H2,19,21,22). The van der Waals surface area contributed by atoms with Gasteiger partial charge in [0.1, 0.15) is 5.82 Å². The molecule has 8 nitrogen and oxygen atoms in total. The summed E-state index contributed by atoms with van der Waals surface area (Å²) in [6, 6.07) is 0.271. The Bertz CT molecular complexity index is 621. The van der Waals surface area contributed by atoms with Gasteiger partial charge in [0.2, 0.25) is 5.91 Å². The van der Waals surface area contributed by atoms with E-state index in [9.17, 15) is 4.79 Å². The third-order valence-electron chi connectivity index (χ3n) is 4.28. The van der Waals surface area contributed by atoms with Gasteiger partial charge >= 0.3 is 0 Å². The van der Waals surface area contributed by atoms with Crippen LogP contribution in [0.25, 0.3) is 0 Å². The summed E-state index contributed by atoms with van der Waals surface area (Å²) in [4.78, 5) is 20.8. The van der Waals surface area contributed by atoms with Crippen molar-refractivity contribution in [2.75, 3.05) is 19.6 Å². The first-order valence-corrected chi connectivity index (χ1v) is 9.66. The number of nitrogens with one attached hydrogen (secondary N) is 3. The maximum atomic E-state index is 11.6. The van der Waals surface area contributed by atoms with Gasteiger partial charge in [0.05, 0.1) is 13.1 Å². The van der Waals surface area contributed by atoms with Crippen molar-refractivity contribution < 1.29 is 4.79 Å². The monoisotopic (exact) mass is 363 g/mol. The van der Waals surface area contributed by atoms with Crippen LogP contribution in [0.15, 0.2) is 4.99 Å². The smallest absolute Gasteiger partial charge is 0.222 e. The maximum absolute atomic E-state index is 11.6. The number of amides is 1. The van der Waals surface area contributed by atoms with Gasteiger partial charge in [-0.25, -0.2) is 9.67 Å². The number of carbonyl (C=O) groups excluding carboxylic acids is 1. The highest BCUT2D eigenvalue weighted by atomic mass is 16.1. The highest BCUT2D eigenvalue weighted by molar-refractivity contribution is 5.80. The molecule has 0 bridgehead atoms. The Morgan fingerprint density at radius 2 is 2.08 bits per heavy atom. The van der Waals surface area contributed by atoms with E-state index in [1.165, 1.54) is 0 Å². The third-order valence-corrected chi connectivity index (χ3v) is 4.28. The molecule has 1 aliphatic rings. The van der Waals surface area contributed by atoms with Gasteiger partial charge in [-0.2, -0.15) is 5.10 Å². The van der Waals surface area contributed by atoms with Crippen LogP contribution in [0.3, 0.4) is 0 Å². The summed E-state index contributed by atoms with van der Waals surface area (Å²) in [6.07, 6.45) is 1.92. The van der Waals surface area contributed by atoms with Crippen LogP contribution >= 0.6 is 0 Å². The Labute approximate surface area is 156 Å². The van der Waals surface area contributed by atoms with E-state index in [1.807, 2.05) is 25.5 Å². The SMILES string of the molecule is CCNC(=NCCNC(=O)C(C)C)NC1CCc2nc(C(C)C)nn2C1. The van der Waals surface area contributed by atoms with Crippen LogP contribution in [0.5, 0.6) is 0 Å². The number of aryl methyl sites for hydroxylation is 1. The van der Waals surface area contributed by atoms with Crippen LogP contribution in [-0.4, -0.2) is 52.3 Å². The fourth-order valence-electron chi connectivity index (χ4n) is 2.75. The van der Waals surface area contributed by atoms with Gasteiger partial charge in [-0.05, 0) is 13.3 Å². The molecule has 8 heteroatoms. The van der Waals surface area contributed by atoms with E-state index in [0.717, 1.165) is 43.5 Å². The summed E-state index contributed by atoms with van der Waals surface area (Å²) in [7, 11) is 0. The van der Waals surface area contributed by atoms with Gasteiger partial charge in [-0.1, -0.05) is 27.7 Å². The molecule has 0 aromatic carbocycles. The first-order valence-electron chi connectivity index (χ1n) is 9.66. The van der Waals surface area contributed by atoms with Crippen molar-refractivity contribution in [3.63, 3.8) is 0 Å². The molecule has 3 N–H and O–H groups in total. The van der Waals surface area contributed by atoms with Crippen LogP contribution in [0.2, 0.25) is 0 Å². The quantitative estimate of drug-likeness (QED) is 0.382. The number of rotatable bonds is 7. The summed E-state index contributed by atoms with van der Waals surface area (Å²) in [5, 5.41) is 14.3. The number of hydrogen-bond donors (Lipinski definition) is 3. The molecule has 146 valence electrons. The summed E-state index contributed by atoms with van der Waals surface area (Å²) in [6.45, 7) is 12.7. The Morgan fingerprint density at radius 1 is 1.31 bits per heavy atom. The fraction of sp³-hybridized carbons (Fsp3) is 0.778. The molecule has 1 aromatic rings. The highest BCUT2D eigenvalue weighted by Crippen LogP contribution is 2.16. The van der Waals surface area contributed by atoms with E-state index in [-0.39, 0.29) is 17.9 Å². The van der Waals surface area contributed by atoms with E-state index >= 15 is 0 Å². The average molecular weight is 364 g/mol. The lowest BCUT2D eigenvalue weighted by molar-refractivity contribution is -0.123. The predicted molar refractivity (Wildman–Crippen MR) is 103 cm³/mol. The predicted octanol–water partition coefficient (Wildman–Crippen LogP) is 1.04. The van der Waals surface area contributed by atoms with Crippen molar-refractivity contribution in [1.82, 2.24) is 30.7 Å². The zero-order valence-corrected chi connectivity index (χ0v) is 16.7. The van der Waals surface area contributed by atoms with Crippen LogP contribution in [0.1, 0.15) is 58.6 Å². The number of aromatic nitrogens is 3. The molecular formula is C18H33N7O. The molecule has 0 aliphatic carbocycles. The Hall–Kier alpha value is -2.12. The lowest BCUT2D eigenvalue weighted by Gasteiger charge is -2.25. The summed E-state index contributed by atoms with van der Waals surface area (Å²) in [5.74, 6) is 3.18. The Morgan fingerprint density at radius 3 is 2.73 bits per heavy atom. The third kappa shape index (κ3) is 5.71. The highest BCUT2D eigenvalue weighted by Gasteiger charge is 2.23. The number of carbonyl (C=O) groups is 1. The molecule has 2 rings (SSSR count). The summed E-state index contributed by atoms with van der Waals surface area (Å²) in [5.41, 5.74) is 0. The van der Waals surface area contributed by atoms with Crippen LogP contribution in [-0.2, 0) is 17.8 Å². The molecule has 1 aromatic heterocycles. The number of guanidine groups is 1. The molecule has 1 atom stereocenters. The number of aliphatic imine (C=N–C) groups is 1. The molecule has 0 saturated heterocycles. The zero-order valence-electron chi connectivity index (χ0n) is 16.7. The second-order valence-electron chi connectivity index (χ2n) is 7.31. The molecule has 1 unspecified atom stereocenters. The minimum absolute atomic E-state index is 0.000173. The van der Waals surface area contributed by atoms with E-state index in [0.29, 0.717) is 19.0 Å². The van der Waals surface area contributed by atoms with E-state index < -0.39 is 0 Å². The maximum Gasteiger partial charge on any atom is 0.222 e.